The lowest BCUT2D eigenvalue weighted by Gasteiger charge is -2.32. The van der Waals surface area contributed by atoms with Crippen LogP contribution in [-0.4, -0.2) is 55.4 Å². The topological polar surface area (TPSA) is 55.4 Å². The van der Waals surface area contributed by atoms with Gasteiger partial charge in [0.2, 0.25) is 0 Å². The molecule has 7 heteroatoms. The smallest absolute Gasteiger partial charge is 0.374 e. The van der Waals surface area contributed by atoms with Crippen molar-refractivity contribution in [3.63, 3.8) is 0 Å². The summed E-state index contributed by atoms with van der Waals surface area (Å²) in [5, 5.41) is 0. The zero-order valence-corrected chi connectivity index (χ0v) is 23.3. The van der Waals surface area contributed by atoms with E-state index in [2.05, 4.69) is 13.8 Å². The van der Waals surface area contributed by atoms with E-state index in [-0.39, 0.29) is 6.10 Å². The molecule has 0 radical (unpaired) electrons. The van der Waals surface area contributed by atoms with E-state index in [9.17, 15) is 0 Å². The number of unbranched alkanes of at least 4 members (excludes halogenated alkanes) is 9. The van der Waals surface area contributed by atoms with Crippen molar-refractivity contribution in [2.75, 3.05) is 34.5 Å². The van der Waals surface area contributed by atoms with Gasteiger partial charge in [-0.2, -0.15) is 0 Å². The number of hydrogen-bond acceptors (Lipinski definition) is 6. The number of methoxy groups -OCH3 is 3. The Morgan fingerprint density at radius 1 is 0.656 bits per heavy atom. The normalized spacial score (nSPS) is 13.6. The molecule has 0 aliphatic carbocycles. The summed E-state index contributed by atoms with van der Waals surface area (Å²) in [6.07, 6.45) is 15.3. The summed E-state index contributed by atoms with van der Waals surface area (Å²) in [4.78, 5) is 0. The highest BCUT2D eigenvalue weighted by Gasteiger charge is 2.41. The minimum Gasteiger partial charge on any atom is -0.374 e. The molecule has 6 nitrogen and oxygen atoms in total. The highest BCUT2D eigenvalue weighted by molar-refractivity contribution is 6.60. The van der Waals surface area contributed by atoms with Gasteiger partial charge >= 0.3 is 8.80 Å². The Balaban J connectivity index is 4.36. The average molecular weight is 479 g/mol. The first-order valence-electron chi connectivity index (χ1n) is 13.1. The molecule has 1 unspecified atom stereocenters. The second-order valence-electron chi connectivity index (χ2n) is 8.60. The maximum atomic E-state index is 6.51. The van der Waals surface area contributed by atoms with Crippen LogP contribution in [0.15, 0.2) is 0 Å². The van der Waals surface area contributed by atoms with Gasteiger partial charge in [0.25, 0.3) is 5.97 Å². The number of rotatable bonds is 24. The van der Waals surface area contributed by atoms with Gasteiger partial charge in [0.15, 0.2) is 0 Å². The van der Waals surface area contributed by atoms with Gasteiger partial charge in [0.1, 0.15) is 0 Å². The molecule has 0 rings (SSSR count). The first kappa shape index (κ1) is 32.0. The molecule has 0 aliphatic rings. The van der Waals surface area contributed by atoms with E-state index in [1.54, 1.807) is 21.3 Å². The van der Waals surface area contributed by atoms with E-state index in [4.69, 9.17) is 27.5 Å². The van der Waals surface area contributed by atoms with Gasteiger partial charge in [0.05, 0.1) is 0 Å². The molecule has 0 heterocycles. The van der Waals surface area contributed by atoms with Crippen molar-refractivity contribution in [2.45, 2.75) is 129 Å². The van der Waals surface area contributed by atoms with Crippen molar-refractivity contribution in [1.82, 2.24) is 0 Å². The Hall–Kier alpha value is -0.0231. The molecular formula is C25H54O6Si. The highest BCUT2D eigenvalue weighted by Crippen LogP contribution is 2.25. The molecule has 194 valence electrons. The number of hydrogen-bond donors (Lipinski definition) is 0. The van der Waals surface area contributed by atoms with Crippen LogP contribution in [0.1, 0.15) is 111 Å². The molecule has 0 spiro atoms. The van der Waals surface area contributed by atoms with Crippen LogP contribution >= 0.6 is 0 Å². The van der Waals surface area contributed by atoms with Crippen molar-refractivity contribution < 1.29 is 27.5 Å². The monoisotopic (exact) mass is 478 g/mol. The summed E-state index contributed by atoms with van der Waals surface area (Å²) in [5.41, 5.74) is 0. The van der Waals surface area contributed by atoms with Crippen molar-refractivity contribution >= 4 is 8.80 Å². The fourth-order valence-electron chi connectivity index (χ4n) is 4.10. The maximum absolute atomic E-state index is 6.51. The zero-order valence-electron chi connectivity index (χ0n) is 22.3. The lowest BCUT2D eigenvalue weighted by Crippen LogP contribution is -2.48. The molecule has 0 aromatic heterocycles. The van der Waals surface area contributed by atoms with Crippen LogP contribution in [0.3, 0.4) is 0 Å². The van der Waals surface area contributed by atoms with Gasteiger partial charge in [-0.05, 0) is 40.0 Å². The van der Waals surface area contributed by atoms with E-state index in [0.717, 1.165) is 51.0 Å². The Morgan fingerprint density at radius 3 is 1.69 bits per heavy atom. The van der Waals surface area contributed by atoms with Crippen molar-refractivity contribution in [3.05, 3.63) is 0 Å². The molecule has 0 aliphatic heterocycles. The van der Waals surface area contributed by atoms with Crippen LogP contribution in [0.2, 0.25) is 6.04 Å². The van der Waals surface area contributed by atoms with E-state index < -0.39 is 14.8 Å². The largest absolute Gasteiger partial charge is 0.501 e. The Bertz CT molecular complexity index is 392. The molecule has 0 fully saturated rings. The predicted octanol–water partition coefficient (Wildman–Crippen LogP) is 7.09. The third kappa shape index (κ3) is 14.3. The lowest BCUT2D eigenvalue weighted by atomic mass is 10.1. The van der Waals surface area contributed by atoms with Gasteiger partial charge in [-0.25, -0.2) is 0 Å². The summed E-state index contributed by atoms with van der Waals surface area (Å²) in [6, 6.07) is 0.896. The van der Waals surface area contributed by atoms with Crippen LogP contribution in [0, 0.1) is 0 Å². The predicted molar refractivity (Wildman–Crippen MR) is 134 cm³/mol. The fraction of sp³-hybridized carbons (Fsp3) is 1.00. The Labute approximate surface area is 200 Å². The highest BCUT2D eigenvalue weighted by atomic mass is 28.4. The van der Waals surface area contributed by atoms with Gasteiger partial charge < -0.3 is 27.5 Å². The second-order valence-corrected chi connectivity index (χ2v) is 11.3. The van der Waals surface area contributed by atoms with Crippen LogP contribution in [0.5, 0.6) is 0 Å². The third-order valence-corrected chi connectivity index (χ3v) is 9.16. The standard InChI is InChI=1S/C25H54O6Si/c1-8-11-12-13-15-18-21-24(4)31-32(29-9-2,30-10-3)23-20-17-14-16-19-22-25(26-5,27-6)28-7/h24H,8-23H2,1-7H3. The third-order valence-electron chi connectivity index (χ3n) is 5.97. The molecule has 0 amide bonds. The molecule has 0 saturated carbocycles. The molecule has 1 atom stereocenters. The Morgan fingerprint density at radius 2 is 1.16 bits per heavy atom. The molecule has 0 bridgehead atoms. The molecule has 0 saturated heterocycles. The summed E-state index contributed by atoms with van der Waals surface area (Å²) in [5.74, 6) is -0.911. The maximum Gasteiger partial charge on any atom is 0.501 e. The first-order chi connectivity index (χ1) is 15.5. The van der Waals surface area contributed by atoms with Gasteiger partial charge in [0, 0.05) is 53.1 Å². The van der Waals surface area contributed by atoms with E-state index >= 15 is 0 Å². The van der Waals surface area contributed by atoms with E-state index in [1.165, 1.54) is 38.5 Å². The van der Waals surface area contributed by atoms with Crippen LogP contribution in [0.4, 0.5) is 0 Å². The molecule has 0 aromatic carbocycles. The van der Waals surface area contributed by atoms with Crippen molar-refractivity contribution in [2.24, 2.45) is 0 Å². The van der Waals surface area contributed by atoms with Gasteiger partial charge in [-0.3, -0.25) is 0 Å². The average Bonchev–Trinajstić information content (AvgIpc) is 2.79. The zero-order chi connectivity index (χ0) is 24.1. The SMILES string of the molecule is CCCCCCCCC(C)O[Si](CCCCCCCC(OC)(OC)OC)(OCC)OCC. The van der Waals surface area contributed by atoms with E-state index in [0.29, 0.717) is 13.2 Å². The molecule has 0 N–H and O–H groups in total. The summed E-state index contributed by atoms with van der Waals surface area (Å²) in [6.45, 7) is 9.80. The summed E-state index contributed by atoms with van der Waals surface area (Å²) >= 11 is 0. The second kappa shape index (κ2) is 20.4. The summed E-state index contributed by atoms with van der Waals surface area (Å²) in [7, 11) is 2.24. The van der Waals surface area contributed by atoms with Gasteiger partial charge in [-0.15, -0.1) is 0 Å². The molecule has 0 aromatic rings. The fourth-order valence-corrected chi connectivity index (χ4v) is 7.02. The summed E-state index contributed by atoms with van der Waals surface area (Å²) < 4.78 is 34.9. The van der Waals surface area contributed by atoms with Crippen LogP contribution in [-0.2, 0) is 27.5 Å². The van der Waals surface area contributed by atoms with Crippen LogP contribution < -0.4 is 0 Å². The minimum atomic E-state index is -2.62. The number of ether oxygens (including phenoxy) is 3. The van der Waals surface area contributed by atoms with E-state index in [1.807, 2.05) is 13.8 Å². The van der Waals surface area contributed by atoms with Crippen molar-refractivity contribution in [3.8, 4) is 0 Å². The molecule has 32 heavy (non-hydrogen) atoms. The first-order valence-corrected chi connectivity index (χ1v) is 15.0. The lowest BCUT2D eigenvalue weighted by molar-refractivity contribution is -0.355. The Kier molecular flexibility index (Phi) is 20.3. The minimum absolute atomic E-state index is 0.191. The van der Waals surface area contributed by atoms with Gasteiger partial charge in [-0.1, -0.05) is 64.7 Å². The quantitative estimate of drug-likeness (QED) is 0.0838. The van der Waals surface area contributed by atoms with Crippen LogP contribution in [0.25, 0.3) is 0 Å². The van der Waals surface area contributed by atoms with Crippen molar-refractivity contribution in [1.29, 1.82) is 0 Å². The molecular weight excluding hydrogens is 424 g/mol.